The predicted octanol–water partition coefficient (Wildman–Crippen LogP) is 4.39. The second-order valence-electron chi connectivity index (χ2n) is 4.65. The van der Waals surface area contributed by atoms with Crippen LogP contribution in [0.25, 0.3) is 4.91 Å². The minimum absolute atomic E-state index is 1.03. The monoisotopic (exact) mass is 250 g/mol. The van der Waals surface area contributed by atoms with Gasteiger partial charge in [-0.25, -0.2) is 0 Å². The zero-order valence-corrected chi connectivity index (χ0v) is 12.1. The molecule has 1 aliphatic rings. The van der Waals surface area contributed by atoms with Gasteiger partial charge in [0.2, 0.25) is 0 Å². The molecule has 0 saturated carbocycles. The van der Waals surface area contributed by atoms with Crippen LogP contribution in [0, 0.1) is 27.7 Å². The molecule has 0 nitrogen and oxygen atoms in total. The molecule has 1 aromatic carbocycles. The van der Waals surface area contributed by atoms with E-state index in [1.54, 1.807) is 0 Å². The summed E-state index contributed by atoms with van der Waals surface area (Å²) >= 11 is 9.16. The van der Waals surface area contributed by atoms with Crippen LogP contribution in [-0.4, -0.2) is 0 Å². The van der Waals surface area contributed by atoms with Crippen molar-refractivity contribution in [3.63, 3.8) is 0 Å². The van der Waals surface area contributed by atoms with Gasteiger partial charge in [0.15, 0.2) is 0 Å². The van der Waals surface area contributed by atoms with E-state index in [0.29, 0.717) is 0 Å². The molecule has 16 heavy (non-hydrogen) atoms. The Balaban J connectivity index is 2.85. The molecule has 0 aliphatic heterocycles. The maximum absolute atomic E-state index is 4.64. The summed E-state index contributed by atoms with van der Waals surface area (Å²) in [6, 6.07) is 0. The maximum Gasteiger partial charge on any atom is 0.0211 e. The summed E-state index contributed by atoms with van der Waals surface area (Å²) in [5.74, 6) is 0. The van der Waals surface area contributed by atoms with Crippen molar-refractivity contribution in [2.45, 2.75) is 40.5 Å². The Kier molecular flexibility index (Phi) is 3.15. The number of allylic oxidation sites excluding steroid dienone is 1. The van der Waals surface area contributed by atoms with Gasteiger partial charge in [0.05, 0.1) is 0 Å². The summed E-state index contributed by atoms with van der Waals surface area (Å²) in [6.07, 6.45) is 2.13. The Bertz CT molecular complexity index is 496. The normalized spacial score (nSPS) is 15.4. The summed E-state index contributed by atoms with van der Waals surface area (Å²) < 4.78 is 0. The lowest BCUT2D eigenvalue weighted by atomic mass is 9.84. The average Bonchev–Trinajstić information content (AvgIpc) is 2.27. The van der Waals surface area contributed by atoms with E-state index >= 15 is 0 Å². The fourth-order valence-electron chi connectivity index (χ4n) is 2.53. The highest BCUT2D eigenvalue weighted by Crippen LogP contribution is 2.40. The lowest BCUT2D eigenvalue weighted by Gasteiger charge is -2.25. The zero-order valence-electron chi connectivity index (χ0n) is 10.3. The molecule has 0 atom stereocenters. The van der Waals surface area contributed by atoms with E-state index in [2.05, 4.69) is 53.0 Å². The van der Waals surface area contributed by atoms with Crippen molar-refractivity contribution < 1.29 is 0 Å². The molecular weight excluding hydrogens is 232 g/mol. The maximum atomic E-state index is 4.64. The van der Waals surface area contributed by atoms with E-state index < -0.39 is 0 Å². The van der Waals surface area contributed by atoms with E-state index in [1.807, 2.05) is 0 Å². The van der Waals surface area contributed by atoms with Crippen molar-refractivity contribution in [3.8, 4) is 0 Å². The minimum atomic E-state index is 1.03. The highest BCUT2D eigenvalue weighted by atomic mass is 32.1. The van der Waals surface area contributed by atoms with Gasteiger partial charge in [-0.1, -0.05) is 0 Å². The van der Waals surface area contributed by atoms with Crippen molar-refractivity contribution >= 4 is 30.2 Å². The molecule has 0 heterocycles. The predicted molar refractivity (Wildman–Crippen MR) is 78.6 cm³/mol. The van der Waals surface area contributed by atoms with E-state index in [-0.39, 0.29) is 0 Å². The molecular formula is C14H18S2. The van der Waals surface area contributed by atoms with Gasteiger partial charge in [0, 0.05) is 4.91 Å². The van der Waals surface area contributed by atoms with Crippen molar-refractivity contribution in [2.75, 3.05) is 0 Å². The summed E-state index contributed by atoms with van der Waals surface area (Å²) in [4.78, 5) is 2.20. The van der Waals surface area contributed by atoms with Crippen LogP contribution in [0.15, 0.2) is 4.91 Å². The summed E-state index contributed by atoms with van der Waals surface area (Å²) in [6.45, 7) is 8.84. The van der Waals surface area contributed by atoms with Crippen LogP contribution in [0.2, 0.25) is 0 Å². The molecule has 0 saturated heterocycles. The largest absolute Gasteiger partial charge is 0.147 e. The van der Waals surface area contributed by atoms with Gasteiger partial charge in [-0.15, -0.1) is 25.3 Å². The minimum Gasteiger partial charge on any atom is -0.147 e. The first kappa shape index (κ1) is 12.1. The van der Waals surface area contributed by atoms with Crippen LogP contribution in [-0.2, 0) is 6.42 Å². The number of hydrogen-bond donors (Lipinski definition) is 2. The summed E-state index contributed by atoms with van der Waals surface area (Å²) in [7, 11) is 0. The van der Waals surface area contributed by atoms with Gasteiger partial charge >= 0.3 is 0 Å². The molecule has 0 unspecified atom stereocenters. The lowest BCUT2D eigenvalue weighted by Crippen LogP contribution is -2.08. The molecule has 2 rings (SSSR count). The highest BCUT2D eigenvalue weighted by Gasteiger charge is 2.21. The fraction of sp³-hybridized carbons (Fsp3) is 0.429. The molecule has 2 heteroatoms. The zero-order chi connectivity index (χ0) is 12.0. The van der Waals surface area contributed by atoms with Crippen LogP contribution < -0.4 is 0 Å². The van der Waals surface area contributed by atoms with E-state index in [9.17, 15) is 0 Å². The SMILES string of the molecule is Cc1c(C)c(C)c2c(c1C)CCC(S)=C2S. The van der Waals surface area contributed by atoms with Crippen LogP contribution in [0.1, 0.15) is 39.8 Å². The number of hydrogen-bond acceptors (Lipinski definition) is 2. The number of rotatable bonds is 0. The summed E-state index contributed by atoms with van der Waals surface area (Å²) in [5, 5.41) is 0. The molecule has 0 amide bonds. The molecule has 0 aromatic heterocycles. The topological polar surface area (TPSA) is 0 Å². The molecule has 0 spiro atoms. The second-order valence-corrected chi connectivity index (χ2v) is 5.64. The third kappa shape index (κ3) is 1.63. The molecule has 0 fully saturated rings. The molecule has 1 aliphatic carbocycles. The van der Waals surface area contributed by atoms with Crippen molar-refractivity contribution in [1.82, 2.24) is 0 Å². The van der Waals surface area contributed by atoms with E-state index in [0.717, 1.165) is 22.7 Å². The van der Waals surface area contributed by atoms with Crippen molar-refractivity contribution in [1.29, 1.82) is 0 Å². The van der Waals surface area contributed by atoms with Crippen LogP contribution >= 0.6 is 25.3 Å². The van der Waals surface area contributed by atoms with Gasteiger partial charge in [-0.2, -0.15) is 0 Å². The van der Waals surface area contributed by atoms with Gasteiger partial charge in [0.1, 0.15) is 0 Å². The molecule has 1 aromatic rings. The van der Waals surface area contributed by atoms with Gasteiger partial charge in [-0.05, 0) is 78.8 Å². The van der Waals surface area contributed by atoms with Crippen molar-refractivity contribution in [2.24, 2.45) is 0 Å². The Morgan fingerprint density at radius 2 is 1.31 bits per heavy atom. The smallest absolute Gasteiger partial charge is 0.0211 e. The first-order valence-electron chi connectivity index (χ1n) is 5.65. The van der Waals surface area contributed by atoms with E-state index in [4.69, 9.17) is 0 Å². The molecule has 0 bridgehead atoms. The third-order valence-electron chi connectivity index (χ3n) is 3.94. The Morgan fingerprint density at radius 3 is 1.94 bits per heavy atom. The van der Waals surface area contributed by atoms with Gasteiger partial charge in [0.25, 0.3) is 0 Å². The average molecular weight is 250 g/mol. The Morgan fingerprint density at radius 1 is 0.750 bits per heavy atom. The quantitative estimate of drug-likeness (QED) is 0.627. The highest BCUT2D eigenvalue weighted by molar-refractivity contribution is 7.93. The van der Waals surface area contributed by atoms with Crippen LogP contribution in [0.4, 0.5) is 0 Å². The van der Waals surface area contributed by atoms with Gasteiger partial charge < -0.3 is 0 Å². The summed E-state index contributed by atoms with van der Waals surface area (Å²) in [5.41, 5.74) is 8.44. The van der Waals surface area contributed by atoms with E-state index in [1.165, 1.54) is 33.4 Å². The number of fused-ring (bicyclic) bond motifs is 1. The molecule has 86 valence electrons. The van der Waals surface area contributed by atoms with Crippen LogP contribution in [0.3, 0.4) is 0 Å². The number of benzene rings is 1. The fourth-order valence-corrected chi connectivity index (χ4v) is 3.17. The van der Waals surface area contributed by atoms with Crippen molar-refractivity contribution in [3.05, 3.63) is 38.3 Å². The Hall–Kier alpha value is -0.340. The Labute approximate surface area is 109 Å². The molecule has 0 N–H and O–H groups in total. The number of thiol groups is 2. The first-order valence-corrected chi connectivity index (χ1v) is 6.55. The second kappa shape index (κ2) is 4.15. The van der Waals surface area contributed by atoms with Gasteiger partial charge in [-0.3, -0.25) is 0 Å². The first-order chi connectivity index (χ1) is 7.45. The molecule has 0 radical (unpaired) electrons. The van der Waals surface area contributed by atoms with Crippen LogP contribution in [0.5, 0.6) is 0 Å². The standard InChI is InChI=1S/C14H18S2/c1-7-8(2)10(4)13-11(9(7)3)5-6-12(15)14(13)16/h15-16H,5-6H2,1-4H3. The third-order valence-corrected chi connectivity index (χ3v) is 5.06. The lowest BCUT2D eigenvalue weighted by molar-refractivity contribution is 0.943.